The van der Waals surface area contributed by atoms with E-state index in [0.29, 0.717) is 17.4 Å². The molecule has 0 saturated heterocycles. The van der Waals surface area contributed by atoms with Crippen molar-refractivity contribution < 1.29 is 19.1 Å². The van der Waals surface area contributed by atoms with Gasteiger partial charge in [-0.05, 0) is 41.8 Å². The van der Waals surface area contributed by atoms with E-state index in [-0.39, 0.29) is 39.2 Å². The topological polar surface area (TPSA) is 84.6 Å². The Morgan fingerprint density at radius 2 is 1.84 bits per heavy atom. The van der Waals surface area contributed by atoms with Crippen LogP contribution in [0, 0.1) is 0 Å². The second-order valence-corrected chi connectivity index (χ2v) is 6.32. The Labute approximate surface area is 143 Å². The van der Waals surface area contributed by atoms with Crippen molar-refractivity contribution in [1.29, 1.82) is 0 Å². The third-order valence-corrected chi connectivity index (χ3v) is 4.33. The van der Waals surface area contributed by atoms with Gasteiger partial charge in [-0.3, -0.25) is 9.59 Å². The molecule has 0 aliphatic rings. The highest BCUT2D eigenvalue weighted by molar-refractivity contribution is 6.08. The average molecular weight is 338 g/mol. The zero-order chi connectivity index (χ0) is 18.3. The van der Waals surface area contributed by atoms with Crippen LogP contribution in [0.2, 0.25) is 0 Å². The van der Waals surface area contributed by atoms with E-state index in [4.69, 9.17) is 9.52 Å². The van der Waals surface area contributed by atoms with Crippen LogP contribution in [0.4, 0.5) is 0 Å². The minimum Gasteiger partial charge on any atom is -0.478 e. The van der Waals surface area contributed by atoms with Crippen LogP contribution < -0.4 is 5.43 Å². The molecule has 5 heteroatoms. The second kappa shape index (κ2) is 6.16. The maximum absolute atomic E-state index is 12.9. The molecule has 0 radical (unpaired) electrons. The third kappa shape index (κ3) is 2.82. The summed E-state index contributed by atoms with van der Waals surface area (Å²) in [5.41, 5.74) is 1.48. The molecule has 3 rings (SSSR count). The van der Waals surface area contributed by atoms with Crippen LogP contribution in [-0.2, 0) is 0 Å². The van der Waals surface area contributed by atoms with Crippen LogP contribution in [-0.4, -0.2) is 16.9 Å². The van der Waals surface area contributed by atoms with E-state index in [9.17, 15) is 14.4 Å². The van der Waals surface area contributed by atoms with Crippen LogP contribution in [0.15, 0.2) is 39.5 Å². The fourth-order valence-corrected chi connectivity index (χ4v) is 2.85. The Bertz CT molecular complexity index is 1070. The highest BCUT2D eigenvalue weighted by Gasteiger charge is 2.18. The van der Waals surface area contributed by atoms with Gasteiger partial charge in [-0.25, -0.2) is 4.79 Å². The van der Waals surface area contributed by atoms with Crippen molar-refractivity contribution in [3.05, 3.63) is 57.2 Å². The van der Waals surface area contributed by atoms with Crippen LogP contribution in [0.3, 0.4) is 0 Å². The Morgan fingerprint density at radius 3 is 2.44 bits per heavy atom. The molecule has 3 aromatic rings. The van der Waals surface area contributed by atoms with Crippen LogP contribution >= 0.6 is 0 Å². The molecule has 0 unspecified atom stereocenters. The molecule has 128 valence electrons. The Kier molecular flexibility index (Phi) is 4.17. The van der Waals surface area contributed by atoms with Gasteiger partial charge < -0.3 is 9.52 Å². The lowest BCUT2D eigenvalue weighted by Gasteiger charge is -2.11. The monoisotopic (exact) mass is 338 g/mol. The smallest absolute Gasteiger partial charge is 0.335 e. The Balaban J connectivity index is 2.47. The Hall–Kier alpha value is -2.95. The minimum atomic E-state index is -1.11. The fourth-order valence-electron chi connectivity index (χ4n) is 2.85. The van der Waals surface area contributed by atoms with Gasteiger partial charge in [0.1, 0.15) is 11.2 Å². The first-order valence-electron chi connectivity index (χ1n) is 8.14. The van der Waals surface area contributed by atoms with E-state index in [1.807, 2.05) is 13.8 Å². The molecule has 0 atom stereocenters. The zero-order valence-electron chi connectivity index (χ0n) is 14.3. The van der Waals surface area contributed by atoms with Gasteiger partial charge in [-0.15, -0.1) is 0 Å². The summed E-state index contributed by atoms with van der Waals surface area (Å²) in [6, 6.07) is 7.65. The number of carbonyl (C=O) groups excluding carboxylic acids is 1. The molecular weight excluding hydrogens is 320 g/mol. The van der Waals surface area contributed by atoms with Crippen LogP contribution in [0.25, 0.3) is 21.9 Å². The zero-order valence-corrected chi connectivity index (χ0v) is 14.3. The van der Waals surface area contributed by atoms with Gasteiger partial charge in [-0.1, -0.05) is 20.8 Å². The van der Waals surface area contributed by atoms with E-state index in [2.05, 4.69) is 0 Å². The molecule has 0 saturated carbocycles. The first kappa shape index (κ1) is 16.9. The van der Waals surface area contributed by atoms with Crippen LogP contribution in [0.5, 0.6) is 0 Å². The van der Waals surface area contributed by atoms with Crippen molar-refractivity contribution >= 4 is 33.7 Å². The SMILES string of the molecule is CCC(=O)c1cc(C(C)C)cc2c(=O)c3cc(C(=O)O)ccc3oc12. The number of carboxylic acids is 1. The van der Waals surface area contributed by atoms with Crippen LogP contribution in [0.1, 0.15) is 59.4 Å². The van der Waals surface area contributed by atoms with Gasteiger partial charge in [0.05, 0.1) is 21.9 Å². The van der Waals surface area contributed by atoms with Gasteiger partial charge in [0.2, 0.25) is 5.43 Å². The highest BCUT2D eigenvalue weighted by Crippen LogP contribution is 2.28. The number of Topliss-reactive ketones (excluding diaryl/α,β-unsaturated/α-hetero) is 1. The largest absolute Gasteiger partial charge is 0.478 e. The Morgan fingerprint density at radius 1 is 1.12 bits per heavy atom. The molecule has 25 heavy (non-hydrogen) atoms. The van der Waals surface area contributed by atoms with E-state index in [1.165, 1.54) is 18.2 Å². The summed E-state index contributed by atoms with van der Waals surface area (Å²) in [5.74, 6) is -1.08. The van der Waals surface area contributed by atoms with Gasteiger partial charge in [0, 0.05) is 6.42 Å². The summed E-state index contributed by atoms with van der Waals surface area (Å²) in [4.78, 5) is 36.5. The molecule has 0 bridgehead atoms. The van der Waals surface area contributed by atoms with Gasteiger partial charge in [-0.2, -0.15) is 0 Å². The summed E-state index contributed by atoms with van der Waals surface area (Å²) in [6.07, 6.45) is 0.302. The summed E-state index contributed by atoms with van der Waals surface area (Å²) in [6.45, 7) is 5.72. The number of fused-ring (bicyclic) bond motifs is 2. The first-order valence-corrected chi connectivity index (χ1v) is 8.14. The number of hydrogen-bond donors (Lipinski definition) is 1. The molecule has 0 fully saturated rings. The number of rotatable bonds is 4. The van der Waals surface area contributed by atoms with Gasteiger partial charge in [0.15, 0.2) is 5.78 Å². The van der Waals surface area contributed by atoms with Crippen molar-refractivity contribution in [2.45, 2.75) is 33.1 Å². The van der Waals surface area contributed by atoms with E-state index in [0.717, 1.165) is 5.56 Å². The van der Waals surface area contributed by atoms with Crippen molar-refractivity contribution in [3.8, 4) is 0 Å². The molecule has 1 heterocycles. The molecule has 0 amide bonds. The normalized spacial score (nSPS) is 11.4. The maximum atomic E-state index is 12.9. The predicted molar refractivity (Wildman–Crippen MR) is 95.7 cm³/mol. The average Bonchev–Trinajstić information content (AvgIpc) is 2.60. The standard InChI is InChI=1S/C20H18O5/c1-4-16(21)13-8-12(10(2)3)9-15-18(22)14-7-11(20(23)24)5-6-17(14)25-19(13)15/h5-10H,4H2,1-3H3,(H,23,24). The number of aromatic carboxylic acids is 1. The lowest BCUT2D eigenvalue weighted by Crippen LogP contribution is -2.09. The van der Waals surface area contributed by atoms with Crippen molar-refractivity contribution in [2.24, 2.45) is 0 Å². The molecule has 0 aliphatic heterocycles. The van der Waals surface area contributed by atoms with Gasteiger partial charge in [0.25, 0.3) is 0 Å². The fraction of sp³-hybridized carbons (Fsp3) is 0.250. The molecule has 0 aliphatic carbocycles. The van der Waals surface area contributed by atoms with Gasteiger partial charge >= 0.3 is 5.97 Å². The van der Waals surface area contributed by atoms with Crippen molar-refractivity contribution in [3.63, 3.8) is 0 Å². The van der Waals surface area contributed by atoms with E-state index in [1.54, 1.807) is 19.1 Å². The molecule has 0 spiro atoms. The summed E-state index contributed by atoms with van der Waals surface area (Å²) in [5, 5.41) is 9.64. The number of hydrogen-bond acceptors (Lipinski definition) is 4. The number of benzene rings is 2. The predicted octanol–water partition coefficient (Wildman–Crippen LogP) is 4.36. The molecule has 5 nitrogen and oxygen atoms in total. The van der Waals surface area contributed by atoms with Crippen molar-refractivity contribution in [2.75, 3.05) is 0 Å². The summed E-state index contributed by atoms with van der Waals surface area (Å²) >= 11 is 0. The number of ketones is 1. The third-order valence-electron chi connectivity index (χ3n) is 4.33. The quantitative estimate of drug-likeness (QED) is 0.564. The first-order chi connectivity index (χ1) is 11.8. The summed E-state index contributed by atoms with van der Waals surface area (Å²) in [7, 11) is 0. The minimum absolute atomic E-state index is 0.0176. The lowest BCUT2D eigenvalue weighted by atomic mass is 9.95. The molecule has 2 aromatic carbocycles. The van der Waals surface area contributed by atoms with E-state index < -0.39 is 5.97 Å². The number of carboxylic acid groups (broad SMARTS) is 1. The highest BCUT2D eigenvalue weighted by atomic mass is 16.4. The molecule has 1 aromatic heterocycles. The summed E-state index contributed by atoms with van der Waals surface area (Å²) < 4.78 is 5.84. The second-order valence-electron chi connectivity index (χ2n) is 6.32. The van der Waals surface area contributed by atoms with E-state index >= 15 is 0 Å². The maximum Gasteiger partial charge on any atom is 0.335 e. The number of carbonyl (C=O) groups is 2. The molecule has 1 N–H and O–H groups in total. The molecular formula is C20H18O5. The lowest BCUT2D eigenvalue weighted by molar-refractivity contribution is 0.0697. The van der Waals surface area contributed by atoms with Crippen molar-refractivity contribution in [1.82, 2.24) is 0 Å².